The predicted molar refractivity (Wildman–Crippen MR) is 108 cm³/mol. The Hall–Kier alpha value is -3.50. The normalized spacial score (nSPS) is 11.5. The quantitative estimate of drug-likeness (QED) is 0.380. The predicted octanol–water partition coefficient (Wildman–Crippen LogP) is 3.78. The minimum absolute atomic E-state index is 0.0976. The lowest BCUT2D eigenvalue weighted by atomic mass is 10.2. The van der Waals surface area contributed by atoms with Crippen LogP contribution in [-0.4, -0.2) is 28.3 Å². The van der Waals surface area contributed by atoms with Gasteiger partial charge in [-0.2, -0.15) is 0 Å². The van der Waals surface area contributed by atoms with Gasteiger partial charge in [-0.3, -0.25) is 14.8 Å². The zero-order valence-corrected chi connectivity index (χ0v) is 16.1. The monoisotopic (exact) mass is 429 g/mol. The number of nitro groups is 1. The first-order valence-electron chi connectivity index (χ1n) is 8.23. The summed E-state index contributed by atoms with van der Waals surface area (Å²) in [5.41, 5.74) is 0.950. The van der Waals surface area contributed by atoms with Gasteiger partial charge in [0.2, 0.25) is 0 Å². The van der Waals surface area contributed by atoms with E-state index < -0.39 is 20.6 Å². The lowest BCUT2D eigenvalue weighted by molar-refractivity contribution is -0.384. The smallest absolute Gasteiger partial charge is 0.278 e. The first-order chi connectivity index (χ1) is 13.9. The van der Waals surface area contributed by atoms with Gasteiger partial charge in [0.1, 0.15) is 11.2 Å². The molecule has 9 nitrogen and oxygen atoms in total. The van der Waals surface area contributed by atoms with Crippen molar-refractivity contribution in [1.29, 1.82) is 0 Å². The molecule has 0 atom stereocenters. The molecule has 0 aliphatic heterocycles. The van der Waals surface area contributed by atoms with Crippen LogP contribution in [0.25, 0.3) is 16.7 Å². The molecule has 0 spiro atoms. The molecule has 0 bridgehead atoms. The maximum Gasteiger partial charge on any atom is 0.296 e. The first-order valence-corrected chi connectivity index (χ1v) is 10.1. The number of nitrogens with one attached hydrogen (secondary N) is 1. The minimum Gasteiger partial charge on any atom is -0.278 e. The van der Waals surface area contributed by atoms with E-state index in [2.05, 4.69) is 15.0 Å². The van der Waals surface area contributed by atoms with E-state index in [4.69, 9.17) is 11.6 Å². The molecule has 1 N–H and O–H groups in total. The number of nitro benzene ring substituents is 1. The number of rotatable bonds is 5. The molecule has 0 fully saturated rings. The second-order valence-corrected chi connectivity index (χ2v) is 8.07. The third kappa shape index (κ3) is 3.50. The number of fused-ring (bicyclic) bond motifs is 1. The highest BCUT2D eigenvalue weighted by molar-refractivity contribution is 7.92. The number of aromatic nitrogens is 3. The second kappa shape index (κ2) is 7.15. The van der Waals surface area contributed by atoms with Crippen LogP contribution >= 0.6 is 11.6 Å². The van der Waals surface area contributed by atoms with Crippen LogP contribution in [0.5, 0.6) is 0 Å². The van der Waals surface area contributed by atoms with E-state index in [9.17, 15) is 18.5 Å². The zero-order valence-electron chi connectivity index (χ0n) is 14.6. The average molecular weight is 430 g/mol. The van der Waals surface area contributed by atoms with Gasteiger partial charge in [-0.1, -0.05) is 41.1 Å². The van der Waals surface area contributed by atoms with E-state index in [-0.39, 0.29) is 21.3 Å². The SMILES string of the molecule is O=[N+]([O-])c1cc(S(=O)(=O)Nc2ccccc2Cl)ccc1-n1nnc2ccccc21. The van der Waals surface area contributed by atoms with Crippen molar-refractivity contribution in [1.82, 2.24) is 15.0 Å². The lowest BCUT2D eigenvalue weighted by Gasteiger charge is -2.10. The Morgan fingerprint density at radius 2 is 1.76 bits per heavy atom. The van der Waals surface area contributed by atoms with Crippen molar-refractivity contribution >= 4 is 44.0 Å². The van der Waals surface area contributed by atoms with Crippen molar-refractivity contribution in [3.05, 3.63) is 81.9 Å². The van der Waals surface area contributed by atoms with Gasteiger partial charge in [-0.25, -0.2) is 13.1 Å². The van der Waals surface area contributed by atoms with Crippen LogP contribution in [0.4, 0.5) is 11.4 Å². The summed E-state index contributed by atoms with van der Waals surface area (Å²) in [5.74, 6) is 0. The molecule has 3 aromatic carbocycles. The molecule has 4 rings (SSSR count). The highest BCUT2D eigenvalue weighted by Crippen LogP contribution is 2.30. The fraction of sp³-hybridized carbons (Fsp3) is 0. The Labute approximate surface area is 169 Å². The molecule has 0 amide bonds. The Morgan fingerprint density at radius 3 is 2.52 bits per heavy atom. The van der Waals surface area contributed by atoms with E-state index in [1.165, 1.54) is 28.9 Å². The Kier molecular flexibility index (Phi) is 4.65. The van der Waals surface area contributed by atoms with Crippen LogP contribution < -0.4 is 4.72 Å². The fourth-order valence-corrected chi connectivity index (χ4v) is 4.13. The molecule has 11 heteroatoms. The number of anilines is 1. The van der Waals surface area contributed by atoms with Gasteiger partial charge in [0.15, 0.2) is 0 Å². The summed E-state index contributed by atoms with van der Waals surface area (Å²) in [4.78, 5) is 10.7. The molecule has 146 valence electrons. The maximum atomic E-state index is 12.7. The van der Waals surface area contributed by atoms with Crippen molar-refractivity contribution in [3.8, 4) is 5.69 Å². The summed E-state index contributed by atoms with van der Waals surface area (Å²) in [6.45, 7) is 0. The summed E-state index contributed by atoms with van der Waals surface area (Å²) in [6.07, 6.45) is 0. The van der Waals surface area contributed by atoms with Crippen LogP contribution in [-0.2, 0) is 10.0 Å². The van der Waals surface area contributed by atoms with Crippen LogP contribution in [0.2, 0.25) is 5.02 Å². The summed E-state index contributed by atoms with van der Waals surface area (Å²) in [7, 11) is -4.10. The third-order valence-corrected chi connectivity index (χ3v) is 5.84. The van der Waals surface area contributed by atoms with Crippen molar-refractivity contribution in [2.45, 2.75) is 4.90 Å². The summed E-state index contributed by atoms with van der Waals surface area (Å²) < 4.78 is 29.1. The van der Waals surface area contributed by atoms with Crippen molar-refractivity contribution in [2.75, 3.05) is 4.72 Å². The molecule has 0 saturated heterocycles. The van der Waals surface area contributed by atoms with Crippen LogP contribution in [0, 0.1) is 10.1 Å². The summed E-state index contributed by atoms with van der Waals surface area (Å²) >= 11 is 5.99. The molecule has 1 heterocycles. The number of benzene rings is 3. The molecule has 0 saturated carbocycles. The Morgan fingerprint density at radius 1 is 1.03 bits per heavy atom. The molecule has 29 heavy (non-hydrogen) atoms. The highest BCUT2D eigenvalue weighted by atomic mass is 35.5. The molecular formula is C18H12ClN5O4S. The largest absolute Gasteiger partial charge is 0.296 e. The number of hydrogen-bond donors (Lipinski definition) is 1. The van der Waals surface area contributed by atoms with Crippen molar-refractivity contribution in [2.24, 2.45) is 0 Å². The number of halogens is 1. The molecule has 0 aliphatic carbocycles. The van der Waals surface area contributed by atoms with Gasteiger partial charge < -0.3 is 0 Å². The molecule has 0 aliphatic rings. The van der Waals surface area contributed by atoms with Gasteiger partial charge in [0, 0.05) is 6.07 Å². The van der Waals surface area contributed by atoms with E-state index in [0.717, 1.165) is 6.07 Å². The van der Waals surface area contributed by atoms with Gasteiger partial charge in [-0.15, -0.1) is 5.10 Å². The number of hydrogen-bond acceptors (Lipinski definition) is 6. The third-order valence-electron chi connectivity index (χ3n) is 4.15. The molecule has 1 aromatic heterocycles. The second-order valence-electron chi connectivity index (χ2n) is 5.98. The van der Waals surface area contributed by atoms with Gasteiger partial charge in [0.05, 0.1) is 26.0 Å². The van der Waals surface area contributed by atoms with E-state index in [0.29, 0.717) is 11.0 Å². The number of para-hydroxylation sites is 2. The van der Waals surface area contributed by atoms with E-state index in [1.54, 1.807) is 36.4 Å². The minimum atomic E-state index is -4.10. The molecular weight excluding hydrogens is 418 g/mol. The van der Waals surface area contributed by atoms with Crippen molar-refractivity contribution in [3.63, 3.8) is 0 Å². The maximum absolute atomic E-state index is 12.7. The fourth-order valence-electron chi connectivity index (χ4n) is 2.79. The topological polar surface area (TPSA) is 120 Å². The summed E-state index contributed by atoms with van der Waals surface area (Å²) in [5, 5.41) is 19.8. The average Bonchev–Trinajstić information content (AvgIpc) is 3.13. The Bertz CT molecular complexity index is 1350. The number of sulfonamides is 1. The number of nitrogens with zero attached hydrogens (tertiary/aromatic N) is 4. The van der Waals surface area contributed by atoms with Crippen LogP contribution in [0.1, 0.15) is 0 Å². The molecule has 4 aromatic rings. The highest BCUT2D eigenvalue weighted by Gasteiger charge is 2.24. The first kappa shape index (κ1) is 18.8. The standard InChI is InChI=1S/C18H12ClN5O4S/c19-13-5-1-2-6-14(13)21-29(27,28)12-9-10-17(18(11-12)24(25)26)23-16-8-4-3-7-15(16)20-22-23/h1-11,21H. The summed E-state index contributed by atoms with van der Waals surface area (Å²) in [6, 6.07) is 16.8. The van der Waals surface area contributed by atoms with E-state index in [1.807, 2.05) is 0 Å². The Balaban J connectivity index is 1.81. The lowest BCUT2D eigenvalue weighted by Crippen LogP contribution is -2.14. The van der Waals surface area contributed by atoms with Gasteiger partial charge in [-0.05, 0) is 36.4 Å². The molecule has 0 unspecified atom stereocenters. The van der Waals surface area contributed by atoms with Crippen molar-refractivity contribution < 1.29 is 13.3 Å². The van der Waals surface area contributed by atoms with Gasteiger partial charge in [0.25, 0.3) is 15.7 Å². The molecule has 0 radical (unpaired) electrons. The van der Waals surface area contributed by atoms with E-state index >= 15 is 0 Å². The van der Waals surface area contributed by atoms with Crippen LogP contribution in [0.3, 0.4) is 0 Å². The van der Waals surface area contributed by atoms with Gasteiger partial charge >= 0.3 is 0 Å². The zero-order chi connectivity index (χ0) is 20.6. The van der Waals surface area contributed by atoms with Crippen LogP contribution in [0.15, 0.2) is 71.6 Å².